The number of carbonyl (C=O) groups excluding carboxylic acids is 1. The molecule has 190 valence electrons. The van der Waals surface area contributed by atoms with Crippen LogP contribution in [0.15, 0.2) is 35.4 Å². The second-order valence-electron chi connectivity index (χ2n) is 7.68. The molecule has 0 spiro atoms. The Morgan fingerprint density at radius 3 is 2.89 bits per heavy atom. The van der Waals surface area contributed by atoms with Crippen molar-refractivity contribution >= 4 is 43.2 Å². The second-order valence-corrected chi connectivity index (χ2v) is 9.56. The summed E-state index contributed by atoms with van der Waals surface area (Å²) in [5.74, 6) is 0.191. The minimum Gasteiger partial charge on any atom is -0.434 e. The molecule has 35 heavy (non-hydrogen) atoms. The molecule has 0 aliphatic heterocycles. The number of fused-ring (bicyclic) bond motifs is 1. The number of ether oxygens (including phenoxy) is 3. The van der Waals surface area contributed by atoms with Gasteiger partial charge in [0.15, 0.2) is 11.2 Å². The number of anilines is 1. The Bertz CT molecular complexity index is 1170. The topological polar surface area (TPSA) is 153 Å². The van der Waals surface area contributed by atoms with Gasteiger partial charge in [0.25, 0.3) is 5.56 Å². The van der Waals surface area contributed by atoms with Gasteiger partial charge >= 0.3 is 6.16 Å². The number of aromatic amines is 1. The van der Waals surface area contributed by atoms with Crippen molar-refractivity contribution in [3.63, 3.8) is 0 Å². The van der Waals surface area contributed by atoms with Crippen LogP contribution in [-0.2, 0) is 36.4 Å². The van der Waals surface area contributed by atoms with Crippen molar-refractivity contribution in [2.75, 3.05) is 32.1 Å². The first-order chi connectivity index (χ1) is 16.8. The van der Waals surface area contributed by atoms with Gasteiger partial charge in [0.05, 0.1) is 26.1 Å². The lowest BCUT2D eigenvalue weighted by atomic mass is 10.2. The van der Waals surface area contributed by atoms with Gasteiger partial charge in [-0.3, -0.25) is 14.3 Å². The van der Waals surface area contributed by atoms with Gasteiger partial charge in [-0.05, 0) is 23.6 Å². The third-order valence-corrected chi connectivity index (χ3v) is 5.78. The predicted octanol–water partition coefficient (Wildman–Crippen LogP) is 3.64. The van der Waals surface area contributed by atoms with Gasteiger partial charge in [-0.25, -0.2) is 9.78 Å². The van der Waals surface area contributed by atoms with Gasteiger partial charge in [0, 0.05) is 11.6 Å². The molecular weight excluding hydrogens is 501 g/mol. The number of nitrogens with zero attached hydrogens (tertiary/aromatic N) is 3. The Kier molecular flexibility index (Phi) is 10.2. The zero-order valence-corrected chi connectivity index (χ0v) is 21.0. The quantitative estimate of drug-likeness (QED) is 0.146. The van der Waals surface area contributed by atoms with Crippen molar-refractivity contribution in [2.24, 2.45) is 5.92 Å². The van der Waals surface area contributed by atoms with Crippen LogP contribution < -0.4 is 11.3 Å². The smallest absolute Gasteiger partial charge is 0.434 e. The molecule has 0 bridgehead atoms. The van der Waals surface area contributed by atoms with Crippen molar-refractivity contribution in [1.29, 1.82) is 0 Å². The average molecular weight is 528 g/mol. The molecule has 0 saturated heterocycles. The molecule has 0 saturated carbocycles. The van der Waals surface area contributed by atoms with Gasteiger partial charge in [-0.1, -0.05) is 37.6 Å². The van der Waals surface area contributed by atoms with E-state index in [1.54, 1.807) is 16.7 Å². The van der Waals surface area contributed by atoms with Crippen LogP contribution in [0, 0.1) is 5.92 Å². The number of imidazole rings is 1. The Labute approximate surface area is 207 Å². The Balaban J connectivity index is 1.51. The Morgan fingerprint density at radius 2 is 2.11 bits per heavy atom. The third-order valence-electron chi connectivity index (χ3n) is 4.34. The maximum Gasteiger partial charge on any atom is 0.510 e. The van der Waals surface area contributed by atoms with Crippen LogP contribution in [0.1, 0.15) is 19.4 Å². The van der Waals surface area contributed by atoms with Crippen molar-refractivity contribution in [3.8, 4) is 0 Å². The van der Waals surface area contributed by atoms with Gasteiger partial charge < -0.3 is 29.0 Å². The molecular formula is C21H27ClN5O7P. The fourth-order valence-electron chi connectivity index (χ4n) is 2.73. The average Bonchev–Trinajstić information content (AvgIpc) is 3.21. The van der Waals surface area contributed by atoms with Gasteiger partial charge in [0.1, 0.15) is 6.35 Å². The standard InChI is InChI=1S/C21H27ClN5O7P/c1-14(2)9-31-21(29)32-12-34-35(33-10-15-4-3-5-16(22)8-15)13-30-7-6-27-11-24-17-18(27)25-20(23)26-19(17)28/h3-5,8,11,14H,6-7,9-10,12-13H2,1-2H3,(H3,23,25,26,28). The molecule has 14 heteroatoms. The number of hydrogen-bond acceptors (Lipinski definition) is 10. The van der Waals surface area contributed by atoms with E-state index in [-0.39, 0.29) is 50.3 Å². The molecule has 0 fully saturated rings. The number of rotatable bonds is 13. The van der Waals surface area contributed by atoms with Gasteiger partial charge in [-0.15, -0.1) is 0 Å². The van der Waals surface area contributed by atoms with Crippen LogP contribution >= 0.6 is 20.0 Å². The summed E-state index contributed by atoms with van der Waals surface area (Å²) in [5.41, 5.74) is 6.61. The molecule has 3 rings (SSSR count). The lowest BCUT2D eigenvalue weighted by molar-refractivity contribution is -0.00337. The summed E-state index contributed by atoms with van der Waals surface area (Å²) in [6, 6.07) is 7.22. The lowest BCUT2D eigenvalue weighted by Crippen LogP contribution is -2.14. The van der Waals surface area contributed by atoms with Crippen LogP contribution in [0.4, 0.5) is 10.7 Å². The van der Waals surface area contributed by atoms with Crippen molar-refractivity contribution < 1.29 is 28.1 Å². The normalized spacial score (nSPS) is 12.2. The molecule has 2 aromatic heterocycles. The third kappa shape index (κ3) is 8.75. The van der Waals surface area contributed by atoms with E-state index in [4.69, 9.17) is 40.6 Å². The molecule has 3 N–H and O–H groups in total. The molecule has 0 radical (unpaired) electrons. The summed E-state index contributed by atoms with van der Waals surface area (Å²) >= 11 is 6.02. The number of nitrogen functional groups attached to an aromatic ring is 1. The second kappa shape index (κ2) is 13.4. The van der Waals surface area contributed by atoms with Crippen LogP contribution in [0.2, 0.25) is 5.02 Å². The summed E-state index contributed by atoms with van der Waals surface area (Å²) in [5, 5.41) is 0.587. The van der Waals surface area contributed by atoms with Crippen LogP contribution in [-0.4, -0.2) is 52.0 Å². The molecule has 2 heterocycles. The highest BCUT2D eigenvalue weighted by Crippen LogP contribution is 2.39. The van der Waals surface area contributed by atoms with E-state index in [0.29, 0.717) is 17.2 Å². The first-order valence-corrected chi connectivity index (χ1v) is 12.4. The number of carbonyl (C=O) groups is 1. The molecule has 0 amide bonds. The molecule has 12 nitrogen and oxygen atoms in total. The summed E-state index contributed by atoms with van der Waals surface area (Å²) in [4.78, 5) is 34.1. The maximum absolute atomic E-state index is 11.9. The van der Waals surface area contributed by atoms with Gasteiger partial charge in [0.2, 0.25) is 21.1 Å². The number of aromatic nitrogens is 4. The Hall–Kier alpha value is -2.76. The number of nitrogens with one attached hydrogen (secondary N) is 1. The summed E-state index contributed by atoms with van der Waals surface area (Å²) in [6.45, 7) is 4.57. The van der Waals surface area contributed by atoms with E-state index in [2.05, 4.69) is 15.0 Å². The van der Waals surface area contributed by atoms with E-state index in [9.17, 15) is 9.59 Å². The van der Waals surface area contributed by atoms with E-state index >= 15 is 0 Å². The minimum absolute atomic E-state index is 0.00317. The van der Waals surface area contributed by atoms with E-state index in [1.807, 2.05) is 26.0 Å². The maximum atomic E-state index is 11.9. The van der Waals surface area contributed by atoms with Gasteiger partial charge in [-0.2, -0.15) is 4.98 Å². The van der Waals surface area contributed by atoms with Crippen LogP contribution in [0.25, 0.3) is 11.2 Å². The van der Waals surface area contributed by atoms with Crippen LogP contribution in [0.3, 0.4) is 0 Å². The summed E-state index contributed by atoms with van der Waals surface area (Å²) in [7, 11) is -1.57. The van der Waals surface area contributed by atoms with E-state index in [1.165, 1.54) is 6.33 Å². The van der Waals surface area contributed by atoms with Crippen molar-refractivity contribution in [1.82, 2.24) is 19.5 Å². The first-order valence-electron chi connectivity index (χ1n) is 10.7. The molecule has 3 aromatic rings. The molecule has 1 atom stereocenters. The number of halogens is 1. The molecule has 1 aromatic carbocycles. The fraction of sp³-hybridized carbons (Fsp3) is 0.429. The highest BCUT2D eigenvalue weighted by atomic mass is 35.5. The first kappa shape index (κ1) is 26.8. The predicted molar refractivity (Wildman–Crippen MR) is 130 cm³/mol. The SMILES string of the molecule is CC(C)COC(=O)OCOP(COCCn1cnc2c(=O)[nH]c(N)nc21)OCc1cccc(Cl)c1. The number of H-pyrrole nitrogens is 1. The number of hydrogen-bond donors (Lipinski definition) is 2. The zero-order valence-electron chi connectivity index (χ0n) is 19.3. The number of benzene rings is 1. The largest absolute Gasteiger partial charge is 0.510 e. The monoisotopic (exact) mass is 527 g/mol. The fourth-order valence-corrected chi connectivity index (χ4v) is 3.91. The molecule has 0 aliphatic rings. The Morgan fingerprint density at radius 1 is 1.29 bits per heavy atom. The zero-order chi connectivity index (χ0) is 25.2. The van der Waals surface area contributed by atoms with Crippen molar-refractivity contribution in [2.45, 2.75) is 27.0 Å². The molecule has 1 unspecified atom stereocenters. The summed E-state index contributed by atoms with van der Waals surface area (Å²) < 4.78 is 28.7. The van der Waals surface area contributed by atoms with Crippen LogP contribution in [0.5, 0.6) is 0 Å². The lowest BCUT2D eigenvalue weighted by Gasteiger charge is -2.18. The number of nitrogens with two attached hydrogens (primary N) is 1. The summed E-state index contributed by atoms with van der Waals surface area (Å²) in [6.07, 6.45) is 0.767. The minimum atomic E-state index is -1.57. The molecule has 0 aliphatic carbocycles. The highest BCUT2D eigenvalue weighted by molar-refractivity contribution is 7.46. The van der Waals surface area contributed by atoms with Crippen molar-refractivity contribution in [3.05, 3.63) is 51.5 Å². The van der Waals surface area contributed by atoms with E-state index in [0.717, 1.165) is 5.56 Å². The van der Waals surface area contributed by atoms with E-state index < -0.39 is 20.1 Å². The highest BCUT2D eigenvalue weighted by Gasteiger charge is 2.15.